The van der Waals surface area contributed by atoms with E-state index < -0.39 is 10.8 Å². The fourth-order valence-electron chi connectivity index (χ4n) is 14.8. The van der Waals surface area contributed by atoms with Crippen LogP contribution in [0.15, 0.2) is 328 Å². The summed E-state index contributed by atoms with van der Waals surface area (Å²) in [5.41, 5.74) is 27.5. The number of benzene rings is 12. The monoisotopic (exact) mass is 1060 g/mol. The SMILES string of the molecule is C=C/C=C(\C=C/Cc1ccc2c(c1)c1ccccc1n2-c1cccc2c1-c1ccccc1C21c2ccccc2C2(c3ccccc3-c3ccccc32)c2ccccc21)N(c1ccc(-c2ccccc2)cc1)c1ccc(-c2ccccc2)cc1. The Bertz CT molecular complexity index is 4590. The summed E-state index contributed by atoms with van der Waals surface area (Å²) in [4.78, 5) is 2.33. The first-order valence-corrected chi connectivity index (χ1v) is 28.9. The van der Waals surface area contributed by atoms with Crippen LogP contribution in [0, 0.1) is 0 Å². The summed E-state index contributed by atoms with van der Waals surface area (Å²) in [7, 11) is 0. The number of nitrogens with zero attached hydrogens (tertiary/aromatic N) is 2. The summed E-state index contributed by atoms with van der Waals surface area (Å²) in [5.74, 6) is 0. The molecule has 0 atom stereocenters. The van der Waals surface area contributed by atoms with Gasteiger partial charge in [-0.2, -0.15) is 0 Å². The predicted molar refractivity (Wildman–Crippen MR) is 346 cm³/mol. The highest BCUT2D eigenvalue weighted by molar-refractivity contribution is 6.10. The lowest BCUT2D eigenvalue weighted by molar-refractivity contribution is 0.633. The first-order chi connectivity index (χ1) is 41.2. The van der Waals surface area contributed by atoms with Gasteiger partial charge in [-0.05, 0) is 156 Å². The predicted octanol–water partition coefficient (Wildman–Crippen LogP) is 20.2. The minimum Gasteiger partial charge on any atom is -0.311 e. The summed E-state index contributed by atoms with van der Waals surface area (Å²) in [6.07, 6.45) is 9.29. The quantitative estimate of drug-likeness (QED) is 0.124. The molecule has 390 valence electrons. The second kappa shape index (κ2) is 19.3. The molecule has 0 unspecified atom stereocenters. The molecule has 0 bridgehead atoms. The highest BCUT2D eigenvalue weighted by Gasteiger charge is 2.59. The zero-order valence-electron chi connectivity index (χ0n) is 45.8. The molecule has 0 amide bonds. The van der Waals surface area contributed by atoms with Gasteiger partial charge in [-0.15, -0.1) is 0 Å². The summed E-state index contributed by atoms with van der Waals surface area (Å²) in [6, 6.07) is 108. The van der Waals surface area contributed by atoms with Gasteiger partial charge in [0.2, 0.25) is 0 Å². The Kier molecular flexibility index (Phi) is 11.3. The lowest BCUT2D eigenvalue weighted by Gasteiger charge is -2.48. The largest absolute Gasteiger partial charge is 0.311 e. The minimum absolute atomic E-state index is 0.492. The van der Waals surface area contributed by atoms with Gasteiger partial charge in [0.15, 0.2) is 0 Å². The number of para-hydroxylation sites is 1. The Morgan fingerprint density at radius 2 is 0.807 bits per heavy atom. The molecule has 3 aliphatic rings. The number of allylic oxidation sites excluding steroid dienone is 4. The van der Waals surface area contributed by atoms with Crippen molar-refractivity contribution in [1.82, 2.24) is 4.57 Å². The van der Waals surface area contributed by atoms with Crippen molar-refractivity contribution in [1.29, 1.82) is 0 Å². The summed E-state index contributed by atoms with van der Waals surface area (Å²) >= 11 is 0. The van der Waals surface area contributed by atoms with Crippen molar-refractivity contribution in [3.63, 3.8) is 0 Å². The van der Waals surface area contributed by atoms with Crippen molar-refractivity contribution < 1.29 is 0 Å². The topological polar surface area (TPSA) is 8.17 Å². The van der Waals surface area contributed by atoms with Gasteiger partial charge in [-0.3, -0.25) is 0 Å². The fraction of sp³-hybridized carbons (Fsp3) is 0.0370. The molecule has 0 fully saturated rings. The van der Waals surface area contributed by atoms with Crippen LogP contribution in [0.3, 0.4) is 0 Å². The average molecular weight is 1060 g/mol. The van der Waals surface area contributed by atoms with Gasteiger partial charge in [0.05, 0.1) is 27.6 Å². The summed E-state index contributed by atoms with van der Waals surface area (Å²) < 4.78 is 2.54. The summed E-state index contributed by atoms with van der Waals surface area (Å²) in [5, 5.41) is 2.47. The normalized spacial score (nSPS) is 13.9. The average Bonchev–Trinajstić information content (AvgIpc) is 1.61. The van der Waals surface area contributed by atoms with Crippen LogP contribution in [0.2, 0.25) is 0 Å². The third kappa shape index (κ3) is 7.16. The minimum atomic E-state index is -0.586. The van der Waals surface area contributed by atoms with Gasteiger partial charge in [0.25, 0.3) is 0 Å². The maximum Gasteiger partial charge on any atom is 0.0720 e. The van der Waals surface area contributed by atoms with E-state index in [1.165, 1.54) is 122 Å². The van der Waals surface area contributed by atoms with Gasteiger partial charge in [-0.1, -0.05) is 261 Å². The van der Waals surface area contributed by atoms with Crippen LogP contribution in [0.5, 0.6) is 0 Å². The van der Waals surface area contributed by atoms with Crippen molar-refractivity contribution >= 4 is 33.2 Å². The highest BCUT2D eigenvalue weighted by atomic mass is 15.1. The maximum absolute atomic E-state index is 4.20. The zero-order chi connectivity index (χ0) is 55.1. The molecule has 0 aliphatic heterocycles. The molecule has 2 nitrogen and oxygen atoms in total. The molecule has 3 aliphatic carbocycles. The summed E-state index contributed by atoms with van der Waals surface area (Å²) in [6.45, 7) is 4.20. The van der Waals surface area contributed by atoms with Crippen molar-refractivity contribution in [3.8, 4) is 50.2 Å². The lowest BCUT2D eigenvalue weighted by Crippen LogP contribution is -2.43. The zero-order valence-corrected chi connectivity index (χ0v) is 45.8. The van der Waals surface area contributed by atoms with E-state index in [9.17, 15) is 0 Å². The van der Waals surface area contributed by atoms with Gasteiger partial charge >= 0.3 is 0 Å². The van der Waals surface area contributed by atoms with E-state index in [1.807, 2.05) is 6.08 Å². The number of fused-ring (bicyclic) bond motifs is 19. The van der Waals surface area contributed by atoms with Crippen molar-refractivity contribution in [3.05, 3.63) is 378 Å². The number of anilines is 2. The highest BCUT2D eigenvalue weighted by Crippen LogP contribution is 2.68. The van der Waals surface area contributed by atoms with Gasteiger partial charge in [0, 0.05) is 33.4 Å². The Balaban J connectivity index is 0.810. The van der Waals surface area contributed by atoms with Crippen LogP contribution in [-0.2, 0) is 17.3 Å². The first kappa shape index (κ1) is 48.4. The van der Waals surface area contributed by atoms with Gasteiger partial charge < -0.3 is 9.47 Å². The molecular weight excluding hydrogens is 1000 g/mol. The number of hydrogen-bond donors (Lipinski definition) is 0. The van der Waals surface area contributed by atoms with Crippen LogP contribution in [-0.4, -0.2) is 4.57 Å². The van der Waals surface area contributed by atoms with Crippen molar-refractivity contribution in [2.45, 2.75) is 17.3 Å². The Morgan fingerprint density at radius 1 is 0.373 bits per heavy atom. The fourth-order valence-corrected chi connectivity index (χ4v) is 14.8. The lowest BCUT2D eigenvalue weighted by atomic mass is 9.52. The molecule has 1 aromatic heterocycles. The molecule has 12 aromatic carbocycles. The molecule has 2 heteroatoms. The van der Waals surface area contributed by atoms with Crippen LogP contribution < -0.4 is 4.90 Å². The van der Waals surface area contributed by atoms with Gasteiger partial charge in [-0.25, -0.2) is 0 Å². The second-order valence-electron chi connectivity index (χ2n) is 22.2. The molecule has 1 heterocycles. The molecule has 83 heavy (non-hydrogen) atoms. The molecule has 16 rings (SSSR count). The Hall–Kier alpha value is -10.5. The van der Waals surface area contributed by atoms with Crippen molar-refractivity contribution in [2.75, 3.05) is 4.90 Å². The standard InChI is InChI=1S/C81H56N2/c1-2-23-60(82(61-49-45-58(46-50-61)56-25-5-3-6-26-56)62-51-47-59(48-52-62)57-27-7-4-8-28-57)29-21-24-55-44-53-77-67(54-55)65-32-12-20-42-76(65)83(77)78-43-22-41-75-79(78)66-33-11-15-36-70(66)81(75)73-39-18-16-37-71(73)80(72-38-17-19-40-74(72)81)68-34-13-9-30-63(68)64-31-10-14-35-69(64)80/h2-23,25-54H,1,24H2/b29-21-,60-23+. The van der Waals surface area contributed by atoms with E-state index in [2.05, 4.69) is 325 Å². The van der Waals surface area contributed by atoms with E-state index in [0.717, 1.165) is 23.5 Å². The molecular formula is C81H56N2. The number of hydrogen-bond acceptors (Lipinski definition) is 1. The first-order valence-electron chi connectivity index (χ1n) is 28.9. The van der Waals surface area contributed by atoms with Crippen LogP contribution >= 0.6 is 0 Å². The van der Waals surface area contributed by atoms with Crippen molar-refractivity contribution in [2.24, 2.45) is 0 Å². The van der Waals surface area contributed by atoms with E-state index >= 15 is 0 Å². The third-order valence-corrected chi connectivity index (χ3v) is 18.1. The van der Waals surface area contributed by atoms with E-state index in [-0.39, 0.29) is 0 Å². The van der Waals surface area contributed by atoms with Crippen LogP contribution in [0.25, 0.3) is 72.0 Å². The second-order valence-corrected chi connectivity index (χ2v) is 22.2. The van der Waals surface area contributed by atoms with E-state index in [1.54, 1.807) is 0 Å². The van der Waals surface area contributed by atoms with E-state index in [0.29, 0.717) is 0 Å². The third-order valence-electron chi connectivity index (χ3n) is 18.1. The maximum atomic E-state index is 4.20. The van der Waals surface area contributed by atoms with Crippen LogP contribution in [0.4, 0.5) is 11.4 Å². The molecule has 0 radical (unpaired) electrons. The van der Waals surface area contributed by atoms with Crippen LogP contribution in [0.1, 0.15) is 50.1 Å². The molecule has 2 spiro atoms. The molecule has 0 saturated carbocycles. The Labute approximate surface area is 485 Å². The number of aromatic nitrogens is 1. The smallest absolute Gasteiger partial charge is 0.0720 e. The van der Waals surface area contributed by atoms with Gasteiger partial charge in [0.1, 0.15) is 0 Å². The molecule has 0 saturated heterocycles. The molecule has 13 aromatic rings. The number of rotatable bonds is 10. The molecule has 0 N–H and O–H groups in total. The Morgan fingerprint density at radius 3 is 1.36 bits per heavy atom. The van der Waals surface area contributed by atoms with E-state index in [4.69, 9.17) is 0 Å².